The van der Waals surface area contributed by atoms with Gasteiger partial charge in [-0.15, -0.1) is 0 Å². The van der Waals surface area contributed by atoms with Gasteiger partial charge in [0.1, 0.15) is 0 Å². The van der Waals surface area contributed by atoms with Gasteiger partial charge in [0.05, 0.1) is 27.6 Å². The monoisotopic (exact) mass is 412 g/mol. The largest absolute Gasteiger partial charge is 0.383 e. The number of amides is 1. The summed E-state index contributed by atoms with van der Waals surface area (Å²) in [5.41, 5.74) is 0.268. The lowest BCUT2D eigenvalue weighted by molar-refractivity contribution is 0.0938. The molecule has 0 fully saturated rings. The Hall–Kier alpha value is -2.43. The molecule has 2 aromatic carbocycles. The van der Waals surface area contributed by atoms with Crippen LogP contribution in [0.25, 0.3) is 0 Å². The van der Waals surface area contributed by atoms with Gasteiger partial charge in [-0.05, 0) is 36.4 Å². The third-order valence-corrected chi connectivity index (χ3v) is 6.08. The third-order valence-electron chi connectivity index (χ3n) is 3.57. The predicted octanol–water partition coefficient (Wildman–Crippen LogP) is 1.27. The van der Waals surface area contributed by atoms with Crippen LogP contribution in [0.1, 0.15) is 10.4 Å². The van der Waals surface area contributed by atoms with Crippen LogP contribution in [0, 0.1) is 0 Å². The topological polar surface area (TPSA) is 119 Å². The molecule has 0 radical (unpaired) electrons. The Morgan fingerprint density at radius 3 is 2.15 bits per heavy atom. The molecule has 2 rings (SSSR count). The summed E-state index contributed by atoms with van der Waals surface area (Å²) in [6, 6.07) is 11.0. The molecule has 8 nitrogen and oxygen atoms in total. The quantitative estimate of drug-likeness (QED) is 0.630. The number of hydrogen-bond acceptors (Lipinski definition) is 6. The molecule has 0 aliphatic rings. The van der Waals surface area contributed by atoms with Gasteiger partial charge >= 0.3 is 0 Å². The van der Waals surface area contributed by atoms with E-state index in [9.17, 15) is 21.6 Å². The van der Waals surface area contributed by atoms with Crippen LogP contribution in [-0.4, -0.2) is 49.3 Å². The summed E-state index contributed by atoms with van der Waals surface area (Å²) in [5, 5.41) is 2.62. The van der Waals surface area contributed by atoms with Crippen molar-refractivity contribution in [1.29, 1.82) is 0 Å². The molecule has 0 bridgehead atoms. The van der Waals surface area contributed by atoms with Crippen molar-refractivity contribution in [2.24, 2.45) is 0 Å². The summed E-state index contributed by atoms with van der Waals surface area (Å²) >= 11 is 0. The van der Waals surface area contributed by atoms with Gasteiger partial charge in [0.25, 0.3) is 15.9 Å². The van der Waals surface area contributed by atoms with Crippen LogP contribution in [0.15, 0.2) is 58.3 Å². The number of carbonyl (C=O) groups excluding carboxylic acids is 1. The molecule has 10 heteroatoms. The Morgan fingerprint density at radius 2 is 1.56 bits per heavy atom. The number of nitrogens with one attached hydrogen (secondary N) is 2. The van der Waals surface area contributed by atoms with Crippen molar-refractivity contribution in [3.05, 3.63) is 54.1 Å². The molecule has 27 heavy (non-hydrogen) atoms. The van der Waals surface area contributed by atoms with Crippen LogP contribution in [0.2, 0.25) is 0 Å². The fourth-order valence-electron chi connectivity index (χ4n) is 2.20. The molecule has 0 heterocycles. The minimum Gasteiger partial charge on any atom is -0.383 e. The Balaban J connectivity index is 2.27. The summed E-state index contributed by atoms with van der Waals surface area (Å²) in [7, 11) is -5.93. The van der Waals surface area contributed by atoms with Gasteiger partial charge in [-0.1, -0.05) is 12.1 Å². The van der Waals surface area contributed by atoms with Crippen LogP contribution < -0.4 is 10.0 Å². The van der Waals surface area contributed by atoms with E-state index in [1.807, 2.05) is 0 Å². The highest BCUT2D eigenvalue weighted by molar-refractivity contribution is 7.92. The van der Waals surface area contributed by atoms with Crippen LogP contribution >= 0.6 is 0 Å². The maximum absolute atomic E-state index is 12.6. The van der Waals surface area contributed by atoms with E-state index in [0.717, 1.165) is 6.26 Å². The molecule has 0 unspecified atom stereocenters. The molecule has 0 aliphatic carbocycles. The minimum absolute atomic E-state index is 0.0133. The molecule has 0 aliphatic heterocycles. The van der Waals surface area contributed by atoms with Gasteiger partial charge in [-0.3, -0.25) is 9.52 Å². The van der Waals surface area contributed by atoms with E-state index >= 15 is 0 Å². The SMILES string of the molecule is COCCNC(=O)c1ccccc1NS(=O)(=O)c1ccc(S(C)(=O)=O)cc1. The van der Waals surface area contributed by atoms with Crippen LogP contribution in [0.5, 0.6) is 0 Å². The Kier molecular flexibility index (Phi) is 6.58. The Morgan fingerprint density at radius 1 is 0.963 bits per heavy atom. The number of rotatable bonds is 8. The average molecular weight is 412 g/mol. The number of methoxy groups -OCH3 is 1. The zero-order valence-electron chi connectivity index (χ0n) is 14.8. The fraction of sp³-hybridized carbons (Fsp3) is 0.235. The number of hydrogen-bond donors (Lipinski definition) is 2. The normalized spacial score (nSPS) is 11.8. The molecular weight excluding hydrogens is 392 g/mol. The molecule has 2 aromatic rings. The summed E-state index contributed by atoms with van der Waals surface area (Å²) in [6.45, 7) is 0.607. The molecule has 0 aromatic heterocycles. The van der Waals surface area contributed by atoms with E-state index in [4.69, 9.17) is 4.74 Å². The van der Waals surface area contributed by atoms with E-state index in [1.165, 1.54) is 43.5 Å². The van der Waals surface area contributed by atoms with Gasteiger partial charge in [0.15, 0.2) is 9.84 Å². The van der Waals surface area contributed by atoms with Gasteiger partial charge in [-0.25, -0.2) is 16.8 Å². The van der Waals surface area contributed by atoms with Crippen molar-refractivity contribution in [2.75, 3.05) is 31.2 Å². The second-order valence-corrected chi connectivity index (χ2v) is 9.34. The first-order valence-corrected chi connectivity index (χ1v) is 11.2. The highest BCUT2D eigenvalue weighted by Gasteiger charge is 2.19. The molecular formula is C17H20N2O6S2. The lowest BCUT2D eigenvalue weighted by atomic mass is 10.2. The van der Waals surface area contributed by atoms with Crippen molar-refractivity contribution in [3.63, 3.8) is 0 Å². The molecule has 146 valence electrons. The molecule has 2 N–H and O–H groups in total. The van der Waals surface area contributed by atoms with Crippen molar-refractivity contribution in [2.45, 2.75) is 9.79 Å². The molecule has 0 atom stereocenters. The highest BCUT2D eigenvalue weighted by Crippen LogP contribution is 2.21. The first-order chi connectivity index (χ1) is 12.6. The second-order valence-electron chi connectivity index (χ2n) is 5.64. The average Bonchev–Trinajstić information content (AvgIpc) is 2.61. The van der Waals surface area contributed by atoms with E-state index in [0.29, 0.717) is 6.61 Å². The summed E-state index contributed by atoms with van der Waals surface area (Å²) < 4.78 is 55.4. The van der Waals surface area contributed by atoms with E-state index in [-0.39, 0.29) is 27.6 Å². The lowest BCUT2D eigenvalue weighted by Gasteiger charge is -2.13. The number of carbonyl (C=O) groups is 1. The van der Waals surface area contributed by atoms with Gasteiger partial charge in [-0.2, -0.15) is 0 Å². The zero-order valence-corrected chi connectivity index (χ0v) is 16.4. The Bertz CT molecular complexity index is 1020. The van der Waals surface area contributed by atoms with Crippen molar-refractivity contribution in [1.82, 2.24) is 5.32 Å². The summed E-state index contributed by atoms with van der Waals surface area (Å²) in [4.78, 5) is 12.1. The molecule has 1 amide bonds. The minimum atomic E-state index is -4.01. The van der Waals surface area contributed by atoms with E-state index in [2.05, 4.69) is 10.0 Å². The van der Waals surface area contributed by atoms with Crippen LogP contribution in [0.4, 0.5) is 5.69 Å². The van der Waals surface area contributed by atoms with E-state index in [1.54, 1.807) is 12.1 Å². The zero-order chi connectivity index (χ0) is 20.1. The smallest absolute Gasteiger partial charge is 0.261 e. The molecule has 0 spiro atoms. The van der Waals surface area contributed by atoms with Gasteiger partial charge in [0.2, 0.25) is 0 Å². The predicted molar refractivity (Wildman–Crippen MR) is 101 cm³/mol. The second kappa shape index (κ2) is 8.51. The number of sulfone groups is 1. The first kappa shape index (κ1) is 20.9. The van der Waals surface area contributed by atoms with Crippen LogP contribution in [-0.2, 0) is 24.6 Å². The maximum Gasteiger partial charge on any atom is 0.261 e. The number of sulfonamides is 1. The fourth-order valence-corrected chi connectivity index (χ4v) is 3.91. The first-order valence-electron chi connectivity index (χ1n) is 7.84. The number of ether oxygens (including phenoxy) is 1. The number of anilines is 1. The van der Waals surface area contributed by atoms with Gasteiger partial charge < -0.3 is 10.1 Å². The number of benzene rings is 2. The van der Waals surface area contributed by atoms with Crippen LogP contribution in [0.3, 0.4) is 0 Å². The third kappa shape index (κ3) is 5.52. The van der Waals surface area contributed by atoms with Crippen molar-refractivity contribution >= 4 is 31.5 Å². The van der Waals surface area contributed by atoms with Crippen molar-refractivity contribution < 1.29 is 26.4 Å². The Labute approximate surface area is 158 Å². The van der Waals surface area contributed by atoms with Gasteiger partial charge in [0, 0.05) is 19.9 Å². The standard InChI is InChI=1S/C17H20N2O6S2/c1-25-12-11-18-17(20)15-5-3-4-6-16(15)19-27(23,24)14-9-7-13(8-10-14)26(2,21)22/h3-10,19H,11-12H2,1-2H3,(H,18,20). The maximum atomic E-state index is 12.6. The van der Waals surface area contributed by atoms with E-state index < -0.39 is 25.8 Å². The molecule has 0 saturated heterocycles. The summed E-state index contributed by atoms with van der Waals surface area (Å²) in [6.07, 6.45) is 1.03. The molecule has 0 saturated carbocycles. The highest BCUT2D eigenvalue weighted by atomic mass is 32.2. The number of para-hydroxylation sites is 1. The summed E-state index contributed by atoms with van der Waals surface area (Å²) in [5.74, 6) is -0.447. The lowest BCUT2D eigenvalue weighted by Crippen LogP contribution is -2.28. The van der Waals surface area contributed by atoms with Crippen molar-refractivity contribution in [3.8, 4) is 0 Å².